The molecule has 1 atom stereocenters. The van der Waals surface area contributed by atoms with Crippen molar-refractivity contribution in [2.45, 2.75) is 86.3 Å². The first-order chi connectivity index (χ1) is 25.6. The molecule has 1 unspecified atom stereocenters. The zero-order valence-corrected chi connectivity index (χ0v) is 33.0. The summed E-state index contributed by atoms with van der Waals surface area (Å²) in [6, 6.07) is 34.9. The Kier molecular flexibility index (Phi) is 11.5. The summed E-state index contributed by atoms with van der Waals surface area (Å²) in [7, 11) is 0. The molecule has 0 saturated heterocycles. The Bertz CT molecular complexity index is 2190. The van der Waals surface area contributed by atoms with Crippen LogP contribution in [0.15, 0.2) is 154 Å². The molecule has 2 aliphatic rings. The highest BCUT2D eigenvalue weighted by molar-refractivity contribution is 5.71. The second-order valence-electron chi connectivity index (χ2n) is 16.1. The fourth-order valence-corrected chi connectivity index (χ4v) is 6.90. The van der Waals surface area contributed by atoms with E-state index < -0.39 is 5.60 Å². The molecule has 6 nitrogen and oxygen atoms in total. The van der Waals surface area contributed by atoms with Crippen molar-refractivity contribution in [1.82, 2.24) is 0 Å². The van der Waals surface area contributed by atoms with Gasteiger partial charge in [0.05, 0.1) is 0 Å². The largest absolute Gasteiger partial charge is 0.480 e. The highest BCUT2D eigenvalue weighted by Crippen LogP contribution is 2.48. The highest BCUT2D eigenvalue weighted by atomic mass is 16.5. The second kappa shape index (κ2) is 15.9. The molecule has 6 heteroatoms. The molecule has 54 heavy (non-hydrogen) atoms. The molecule has 0 aliphatic carbocycles. The lowest BCUT2D eigenvalue weighted by Gasteiger charge is -2.29. The number of benzene rings is 3. The quantitative estimate of drug-likeness (QED) is 0.118. The van der Waals surface area contributed by atoms with Gasteiger partial charge in [0.25, 0.3) is 0 Å². The zero-order chi connectivity index (χ0) is 39.3. The SMILES string of the molecule is CC(=C\C=C1\N(Cc2ccccc2)c2ccccc2C1(C)C)/C(Oc1ccccc1)=C(/C=C/C1=C(C#N)C(=C(C#N)C#N)OC1(C)C)CC(C)C(C)(C)C. The summed E-state index contributed by atoms with van der Waals surface area (Å²) in [4.78, 5) is 2.41. The Balaban J connectivity index is 1.72. The standard InChI is InChI=1S/C48H50N4O2/c1-33(24-27-43-47(6,7)41-22-16-17-23-42(41)52(43)32-35-18-12-10-13-19-35)44(53-38-20-14-11-15-21-38)36(28-34(2)46(3,4)5)25-26-40-39(31-51)45(37(29-49)30-50)54-48(40,8)9/h10-27,34H,28,32H2,1-9H3/b26-25+,33-24+,43-27+,44-36+. The summed E-state index contributed by atoms with van der Waals surface area (Å²) in [5.41, 5.74) is 6.13. The van der Waals surface area contributed by atoms with E-state index in [1.807, 2.05) is 74.5 Å². The molecule has 0 radical (unpaired) electrons. The molecular weight excluding hydrogens is 665 g/mol. The van der Waals surface area contributed by atoms with Gasteiger partial charge in [-0.25, -0.2) is 0 Å². The first-order valence-corrected chi connectivity index (χ1v) is 18.5. The van der Waals surface area contributed by atoms with Gasteiger partial charge in [0.15, 0.2) is 11.3 Å². The fraction of sp³-hybridized carbons (Fsp3) is 0.312. The first kappa shape index (κ1) is 39.2. The molecule has 5 rings (SSSR count). The molecule has 274 valence electrons. The first-order valence-electron chi connectivity index (χ1n) is 18.5. The van der Waals surface area contributed by atoms with Crippen LogP contribution in [-0.2, 0) is 16.7 Å². The van der Waals surface area contributed by atoms with Crippen molar-refractivity contribution in [2.24, 2.45) is 11.3 Å². The summed E-state index contributed by atoms with van der Waals surface area (Å²) < 4.78 is 12.9. The van der Waals surface area contributed by atoms with Gasteiger partial charge >= 0.3 is 0 Å². The van der Waals surface area contributed by atoms with Crippen LogP contribution in [0.25, 0.3) is 0 Å². The van der Waals surface area contributed by atoms with Gasteiger partial charge in [0.1, 0.15) is 40.9 Å². The van der Waals surface area contributed by atoms with Crippen LogP contribution in [0.2, 0.25) is 0 Å². The van der Waals surface area contributed by atoms with Gasteiger partial charge in [-0.15, -0.1) is 0 Å². The molecular formula is C48H50N4O2. The molecule has 2 heterocycles. The highest BCUT2D eigenvalue weighted by Gasteiger charge is 2.40. The number of nitrogens with zero attached hydrogens (tertiary/aromatic N) is 4. The van der Waals surface area contributed by atoms with Gasteiger partial charge in [-0.1, -0.05) is 127 Å². The Labute approximate surface area is 322 Å². The zero-order valence-electron chi connectivity index (χ0n) is 33.0. The number of anilines is 1. The molecule has 3 aromatic rings. The predicted molar refractivity (Wildman–Crippen MR) is 216 cm³/mol. The van der Waals surface area contributed by atoms with Crippen LogP contribution in [0.3, 0.4) is 0 Å². The third-order valence-corrected chi connectivity index (χ3v) is 10.6. The Morgan fingerprint density at radius 1 is 0.889 bits per heavy atom. The maximum Gasteiger partial charge on any atom is 0.172 e. The van der Waals surface area contributed by atoms with Crippen molar-refractivity contribution in [3.05, 3.63) is 165 Å². The molecule has 0 bridgehead atoms. The number of para-hydroxylation sites is 2. The van der Waals surface area contributed by atoms with E-state index in [1.165, 1.54) is 22.5 Å². The molecule has 3 aromatic carbocycles. The van der Waals surface area contributed by atoms with E-state index >= 15 is 0 Å². The number of hydrogen-bond acceptors (Lipinski definition) is 6. The summed E-state index contributed by atoms with van der Waals surface area (Å²) in [6.45, 7) is 20.0. The van der Waals surface area contributed by atoms with Gasteiger partial charge in [0.2, 0.25) is 0 Å². The summed E-state index contributed by atoms with van der Waals surface area (Å²) in [6.07, 6.45) is 8.97. The van der Waals surface area contributed by atoms with E-state index in [2.05, 4.69) is 120 Å². The molecule has 0 spiro atoms. The normalized spacial score (nSPS) is 18.0. The summed E-state index contributed by atoms with van der Waals surface area (Å²) in [5, 5.41) is 29.5. The topological polar surface area (TPSA) is 93.1 Å². The maximum atomic E-state index is 10.3. The lowest BCUT2D eigenvalue weighted by atomic mass is 9.78. The molecule has 0 aromatic heterocycles. The predicted octanol–water partition coefficient (Wildman–Crippen LogP) is 11.7. The minimum atomic E-state index is -0.947. The lowest BCUT2D eigenvalue weighted by Crippen LogP contribution is -2.25. The van der Waals surface area contributed by atoms with Crippen LogP contribution in [0.1, 0.15) is 79.9 Å². The Morgan fingerprint density at radius 3 is 2.11 bits per heavy atom. The number of allylic oxidation sites excluding steroid dienone is 8. The number of fused-ring (bicyclic) bond motifs is 1. The number of nitriles is 3. The van der Waals surface area contributed by atoms with Crippen molar-refractivity contribution in [1.29, 1.82) is 15.8 Å². The lowest BCUT2D eigenvalue weighted by molar-refractivity contribution is 0.0954. The molecule has 0 saturated carbocycles. The van der Waals surface area contributed by atoms with E-state index in [4.69, 9.17) is 9.47 Å². The maximum absolute atomic E-state index is 10.3. The van der Waals surface area contributed by atoms with Crippen LogP contribution in [0.5, 0.6) is 5.75 Å². The number of rotatable bonds is 10. The van der Waals surface area contributed by atoms with Gasteiger partial charge < -0.3 is 14.4 Å². The minimum Gasteiger partial charge on any atom is -0.480 e. The fourth-order valence-electron chi connectivity index (χ4n) is 6.90. The van der Waals surface area contributed by atoms with Gasteiger partial charge in [-0.2, -0.15) is 15.8 Å². The molecule has 0 fully saturated rings. The van der Waals surface area contributed by atoms with E-state index in [9.17, 15) is 15.8 Å². The summed E-state index contributed by atoms with van der Waals surface area (Å²) >= 11 is 0. The van der Waals surface area contributed by atoms with Crippen LogP contribution < -0.4 is 9.64 Å². The van der Waals surface area contributed by atoms with E-state index in [0.29, 0.717) is 17.7 Å². The van der Waals surface area contributed by atoms with Crippen LogP contribution in [0.4, 0.5) is 5.69 Å². The Hall–Kier alpha value is -6.03. The van der Waals surface area contributed by atoms with E-state index in [1.54, 1.807) is 0 Å². The van der Waals surface area contributed by atoms with Crippen molar-refractivity contribution in [2.75, 3.05) is 4.90 Å². The van der Waals surface area contributed by atoms with Crippen LogP contribution >= 0.6 is 0 Å². The summed E-state index contributed by atoms with van der Waals surface area (Å²) in [5.74, 6) is 1.69. The minimum absolute atomic E-state index is 0.00858. The molecule has 2 aliphatic heterocycles. The van der Waals surface area contributed by atoms with Crippen molar-refractivity contribution < 1.29 is 9.47 Å². The van der Waals surface area contributed by atoms with Gasteiger partial charge in [-0.05, 0) is 85.1 Å². The third-order valence-electron chi connectivity index (χ3n) is 10.6. The van der Waals surface area contributed by atoms with Crippen molar-refractivity contribution in [3.63, 3.8) is 0 Å². The third kappa shape index (κ3) is 8.28. The monoisotopic (exact) mass is 714 g/mol. The van der Waals surface area contributed by atoms with Gasteiger partial charge in [-0.3, -0.25) is 0 Å². The smallest absolute Gasteiger partial charge is 0.172 e. The average molecular weight is 715 g/mol. The molecule has 0 N–H and O–H groups in total. The van der Waals surface area contributed by atoms with Crippen LogP contribution in [-0.4, -0.2) is 5.60 Å². The average Bonchev–Trinajstić information content (AvgIpc) is 3.52. The molecule has 0 amide bonds. The van der Waals surface area contributed by atoms with Gasteiger partial charge in [0, 0.05) is 28.9 Å². The second-order valence-corrected chi connectivity index (χ2v) is 16.1. The number of ether oxygens (including phenoxy) is 2. The van der Waals surface area contributed by atoms with Crippen molar-refractivity contribution in [3.8, 4) is 24.0 Å². The van der Waals surface area contributed by atoms with Crippen molar-refractivity contribution >= 4 is 5.69 Å². The van der Waals surface area contributed by atoms with Crippen LogP contribution in [0, 0.1) is 45.3 Å². The Morgan fingerprint density at radius 2 is 1.50 bits per heavy atom. The van der Waals surface area contributed by atoms with E-state index in [-0.39, 0.29) is 33.7 Å². The van der Waals surface area contributed by atoms with E-state index in [0.717, 1.165) is 23.5 Å². The number of hydrogen-bond donors (Lipinski definition) is 0.